The largest absolute Gasteiger partial charge is 0.408 e. The van der Waals surface area contributed by atoms with Crippen molar-refractivity contribution in [2.45, 2.75) is 50.7 Å². The van der Waals surface area contributed by atoms with Gasteiger partial charge in [0.25, 0.3) is 0 Å². The number of benzene rings is 1. The van der Waals surface area contributed by atoms with Crippen molar-refractivity contribution in [2.75, 3.05) is 5.73 Å². The lowest BCUT2D eigenvalue weighted by Gasteiger charge is -2.27. The minimum Gasteiger partial charge on any atom is -0.399 e. The normalized spacial score (nSPS) is 16.7. The van der Waals surface area contributed by atoms with Gasteiger partial charge in [-0.2, -0.15) is 13.2 Å². The number of amides is 1. The van der Waals surface area contributed by atoms with E-state index >= 15 is 0 Å². The zero-order valence-corrected chi connectivity index (χ0v) is 13.6. The van der Waals surface area contributed by atoms with Gasteiger partial charge in [0.2, 0.25) is 5.91 Å². The number of para-hydroxylation sites is 1. The molecular formula is C16H22ClF3N2O. The van der Waals surface area contributed by atoms with E-state index < -0.39 is 24.0 Å². The van der Waals surface area contributed by atoms with E-state index in [1.54, 1.807) is 24.3 Å². The Balaban J connectivity index is 0.00000264. The van der Waals surface area contributed by atoms with Crippen molar-refractivity contribution >= 4 is 24.0 Å². The summed E-state index contributed by atoms with van der Waals surface area (Å²) in [5.74, 6) is -1.07. The Morgan fingerprint density at radius 2 is 1.87 bits per heavy atom. The maximum atomic E-state index is 13.1. The lowest BCUT2D eigenvalue weighted by Crippen LogP contribution is -2.49. The number of rotatable bonds is 5. The van der Waals surface area contributed by atoms with E-state index in [-0.39, 0.29) is 18.8 Å². The van der Waals surface area contributed by atoms with E-state index in [1.807, 2.05) is 0 Å². The van der Waals surface area contributed by atoms with Gasteiger partial charge in [-0.05, 0) is 36.8 Å². The molecular weight excluding hydrogens is 329 g/mol. The van der Waals surface area contributed by atoms with E-state index in [2.05, 4.69) is 5.32 Å². The first-order valence-electron chi connectivity index (χ1n) is 7.57. The standard InChI is InChI=1S/C16H21F3N2O.ClH/c17-16(18,19)15(12-6-1-2-7-12)21-14(22)10-9-11-5-3-4-8-13(11)20;/h3-5,8,12,15H,1-2,6-7,9-10,20H2,(H,21,22);1H. The number of halogens is 4. The average Bonchev–Trinajstić information content (AvgIpc) is 2.96. The topological polar surface area (TPSA) is 55.1 Å². The summed E-state index contributed by atoms with van der Waals surface area (Å²) in [6.07, 6.45) is -1.40. The van der Waals surface area contributed by atoms with Crippen LogP contribution in [0, 0.1) is 5.92 Å². The average molecular weight is 351 g/mol. The summed E-state index contributed by atoms with van der Waals surface area (Å²) in [7, 11) is 0. The van der Waals surface area contributed by atoms with Crippen LogP contribution < -0.4 is 11.1 Å². The molecule has 0 aromatic heterocycles. The number of anilines is 1. The van der Waals surface area contributed by atoms with Crippen LogP contribution in [0.3, 0.4) is 0 Å². The molecule has 1 amide bonds. The molecule has 130 valence electrons. The fraction of sp³-hybridized carbons (Fsp3) is 0.562. The van der Waals surface area contributed by atoms with Crippen LogP contribution in [0.15, 0.2) is 24.3 Å². The maximum absolute atomic E-state index is 13.1. The smallest absolute Gasteiger partial charge is 0.399 e. The van der Waals surface area contributed by atoms with Crippen LogP contribution in [-0.2, 0) is 11.2 Å². The van der Waals surface area contributed by atoms with Crippen LogP contribution in [0.25, 0.3) is 0 Å². The zero-order chi connectivity index (χ0) is 16.2. The number of carbonyl (C=O) groups excluding carboxylic acids is 1. The maximum Gasteiger partial charge on any atom is 0.408 e. The molecule has 0 aliphatic heterocycles. The molecule has 0 heterocycles. The van der Waals surface area contributed by atoms with Crippen molar-refractivity contribution in [1.29, 1.82) is 0 Å². The fourth-order valence-corrected chi connectivity index (χ4v) is 3.01. The molecule has 0 spiro atoms. The van der Waals surface area contributed by atoms with Crippen LogP contribution in [0.2, 0.25) is 0 Å². The van der Waals surface area contributed by atoms with Crippen molar-refractivity contribution in [2.24, 2.45) is 5.92 Å². The second kappa shape index (κ2) is 8.43. The number of aryl methyl sites for hydroxylation is 1. The summed E-state index contributed by atoms with van der Waals surface area (Å²) >= 11 is 0. The van der Waals surface area contributed by atoms with E-state index in [0.29, 0.717) is 24.9 Å². The van der Waals surface area contributed by atoms with Gasteiger partial charge in [-0.15, -0.1) is 12.4 Å². The lowest BCUT2D eigenvalue weighted by molar-refractivity contribution is -0.171. The molecule has 3 nitrogen and oxygen atoms in total. The van der Waals surface area contributed by atoms with Crippen molar-refractivity contribution < 1.29 is 18.0 Å². The molecule has 0 radical (unpaired) electrons. The molecule has 3 N–H and O–H groups in total. The summed E-state index contributed by atoms with van der Waals surface area (Å²) in [5, 5.41) is 2.18. The van der Waals surface area contributed by atoms with E-state index in [1.165, 1.54) is 0 Å². The molecule has 1 aliphatic rings. The summed E-state index contributed by atoms with van der Waals surface area (Å²) in [6, 6.07) is 5.33. The number of nitrogen functional groups attached to an aromatic ring is 1. The molecule has 1 atom stereocenters. The van der Waals surface area contributed by atoms with Gasteiger partial charge in [0.15, 0.2) is 0 Å². The molecule has 1 unspecified atom stereocenters. The highest BCUT2D eigenvalue weighted by molar-refractivity contribution is 5.85. The molecule has 0 bridgehead atoms. The Morgan fingerprint density at radius 3 is 2.43 bits per heavy atom. The van der Waals surface area contributed by atoms with Crippen LogP contribution in [0.1, 0.15) is 37.7 Å². The molecule has 1 aliphatic carbocycles. The summed E-state index contributed by atoms with van der Waals surface area (Å²) < 4.78 is 39.4. The number of hydrogen-bond acceptors (Lipinski definition) is 2. The highest BCUT2D eigenvalue weighted by Gasteiger charge is 2.46. The fourth-order valence-electron chi connectivity index (χ4n) is 3.01. The number of hydrogen-bond donors (Lipinski definition) is 2. The summed E-state index contributed by atoms with van der Waals surface area (Å²) in [4.78, 5) is 11.9. The van der Waals surface area contributed by atoms with Gasteiger partial charge in [0, 0.05) is 12.1 Å². The number of carbonyl (C=O) groups is 1. The summed E-state index contributed by atoms with van der Waals surface area (Å²) in [6.45, 7) is 0. The van der Waals surface area contributed by atoms with Gasteiger partial charge in [-0.25, -0.2) is 0 Å². The highest BCUT2D eigenvalue weighted by Crippen LogP contribution is 2.35. The Kier molecular flexibility index (Phi) is 7.19. The minimum absolute atomic E-state index is 0. The van der Waals surface area contributed by atoms with Crippen molar-refractivity contribution in [3.8, 4) is 0 Å². The van der Waals surface area contributed by atoms with E-state index in [4.69, 9.17) is 5.73 Å². The Hall–Kier alpha value is -1.43. The second-order valence-corrected chi connectivity index (χ2v) is 5.83. The Labute approximate surface area is 140 Å². The monoisotopic (exact) mass is 350 g/mol. The third-order valence-electron chi connectivity index (χ3n) is 4.22. The number of nitrogens with one attached hydrogen (secondary N) is 1. The molecule has 1 saturated carbocycles. The van der Waals surface area contributed by atoms with Crippen molar-refractivity contribution in [1.82, 2.24) is 5.32 Å². The predicted octanol–water partition coefficient (Wildman–Crippen LogP) is 3.86. The number of nitrogens with two attached hydrogens (primary N) is 1. The van der Waals surface area contributed by atoms with Gasteiger partial charge in [0.05, 0.1) is 0 Å². The van der Waals surface area contributed by atoms with Crippen LogP contribution in [0.4, 0.5) is 18.9 Å². The van der Waals surface area contributed by atoms with Gasteiger partial charge in [0.1, 0.15) is 6.04 Å². The quantitative estimate of drug-likeness (QED) is 0.792. The summed E-state index contributed by atoms with van der Waals surface area (Å²) in [5.41, 5.74) is 7.10. The minimum atomic E-state index is -4.39. The van der Waals surface area contributed by atoms with Crippen LogP contribution in [-0.4, -0.2) is 18.1 Å². The van der Waals surface area contributed by atoms with Gasteiger partial charge >= 0.3 is 6.18 Å². The molecule has 1 fully saturated rings. The van der Waals surface area contributed by atoms with Crippen LogP contribution in [0.5, 0.6) is 0 Å². The third kappa shape index (κ3) is 5.61. The second-order valence-electron chi connectivity index (χ2n) is 5.83. The highest BCUT2D eigenvalue weighted by atomic mass is 35.5. The number of alkyl halides is 3. The first-order chi connectivity index (χ1) is 10.4. The zero-order valence-electron chi connectivity index (χ0n) is 12.7. The van der Waals surface area contributed by atoms with Crippen molar-refractivity contribution in [3.63, 3.8) is 0 Å². The molecule has 2 rings (SSSR count). The van der Waals surface area contributed by atoms with Gasteiger partial charge < -0.3 is 11.1 Å². The molecule has 1 aromatic carbocycles. The molecule has 0 saturated heterocycles. The lowest BCUT2D eigenvalue weighted by atomic mass is 9.97. The third-order valence-corrected chi connectivity index (χ3v) is 4.22. The molecule has 23 heavy (non-hydrogen) atoms. The van der Waals surface area contributed by atoms with Gasteiger partial charge in [-0.3, -0.25) is 4.79 Å². The Morgan fingerprint density at radius 1 is 1.26 bits per heavy atom. The SMILES string of the molecule is Cl.Nc1ccccc1CCC(=O)NC(C1CCCC1)C(F)(F)F. The van der Waals surface area contributed by atoms with Crippen LogP contribution >= 0.6 is 12.4 Å². The van der Waals surface area contributed by atoms with Gasteiger partial charge in [-0.1, -0.05) is 31.0 Å². The predicted molar refractivity (Wildman–Crippen MR) is 86.4 cm³/mol. The first kappa shape index (κ1) is 19.6. The van der Waals surface area contributed by atoms with E-state index in [0.717, 1.165) is 18.4 Å². The van der Waals surface area contributed by atoms with Crippen molar-refractivity contribution in [3.05, 3.63) is 29.8 Å². The molecule has 7 heteroatoms. The molecule has 1 aromatic rings. The first-order valence-corrected chi connectivity index (χ1v) is 7.57. The van der Waals surface area contributed by atoms with E-state index in [9.17, 15) is 18.0 Å². The Bertz CT molecular complexity index is 516.